The van der Waals surface area contributed by atoms with Gasteiger partial charge in [-0.15, -0.1) is 0 Å². The van der Waals surface area contributed by atoms with Gasteiger partial charge in [-0.1, -0.05) is 29.8 Å². The first-order valence-corrected chi connectivity index (χ1v) is 13.4. The van der Waals surface area contributed by atoms with Crippen molar-refractivity contribution in [2.24, 2.45) is 0 Å². The zero-order valence-corrected chi connectivity index (χ0v) is 22.0. The number of piperazine rings is 1. The van der Waals surface area contributed by atoms with Crippen LogP contribution in [-0.4, -0.2) is 80.1 Å². The Hall–Kier alpha value is -3.16. The van der Waals surface area contributed by atoms with Gasteiger partial charge in [-0.2, -0.15) is 17.5 Å². The molecule has 0 radical (unpaired) electrons. The molecular weight excluding hydrogens is 527 g/mol. The second kappa shape index (κ2) is 14.1. The Balaban J connectivity index is 0.000000638. The molecule has 0 atom stereocenters. The molecule has 1 aliphatic rings. The third kappa shape index (κ3) is 9.62. The van der Waals surface area contributed by atoms with Crippen LogP contribution in [0.3, 0.4) is 0 Å². The number of sulfonamides is 1. The van der Waals surface area contributed by atoms with E-state index in [2.05, 4.69) is 5.32 Å². The van der Waals surface area contributed by atoms with E-state index in [1.807, 2.05) is 38.1 Å². The number of benzene rings is 2. The van der Waals surface area contributed by atoms with E-state index in [4.69, 9.17) is 14.6 Å². The molecule has 2 aromatic carbocycles. The fraction of sp³-hybridized carbons (Fsp3) is 0.440. The van der Waals surface area contributed by atoms with Crippen molar-refractivity contribution in [2.45, 2.75) is 37.9 Å². The van der Waals surface area contributed by atoms with E-state index in [0.29, 0.717) is 25.4 Å². The Morgan fingerprint density at radius 3 is 2.24 bits per heavy atom. The summed E-state index contributed by atoms with van der Waals surface area (Å²) in [7, 11) is -3.78. The number of nitrogens with zero attached hydrogens (tertiary/aromatic N) is 2. The van der Waals surface area contributed by atoms with Gasteiger partial charge in [0.15, 0.2) is 0 Å². The Morgan fingerprint density at radius 1 is 1.11 bits per heavy atom. The summed E-state index contributed by atoms with van der Waals surface area (Å²) in [6.07, 6.45) is -4.93. The number of halogens is 3. The van der Waals surface area contributed by atoms with Crippen LogP contribution in [0.5, 0.6) is 5.75 Å². The summed E-state index contributed by atoms with van der Waals surface area (Å²) in [5.41, 5.74) is 1.96. The van der Waals surface area contributed by atoms with Gasteiger partial charge in [0.25, 0.3) is 0 Å². The molecule has 1 saturated heterocycles. The number of amides is 1. The van der Waals surface area contributed by atoms with Gasteiger partial charge in [0.05, 0.1) is 11.5 Å². The molecule has 210 valence electrons. The molecule has 0 spiro atoms. The van der Waals surface area contributed by atoms with Crippen LogP contribution in [0.4, 0.5) is 13.2 Å². The van der Waals surface area contributed by atoms with Crippen LogP contribution in [0.2, 0.25) is 0 Å². The molecular formula is C25H32F3N3O6S. The number of hydrogen-bond donors (Lipinski definition) is 2. The highest BCUT2D eigenvalue weighted by Crippen LogP contribution is 2.22. The monoisotopic (exact) mass is 559 g/mol. The number of carbonyl (C=O) groups excluding carboxylic acids is 1. The SMILES string of the molecule is CCOc1ccc(S(=O)(=O)N(CCC(=O)N2CCNCC2)Cc2cccc(C)c2)cc1.O=C(O)C(F)(F)F. The molecule has 0 unspecified atom stereocenters. The van der Waals surface area contributed by atoms with E-state index in [1.165, 1.54) is 4.31 Å². The number of ether oxygens (including phenoxy) is 1. The highest BCUT2D eigenvalue weighted by molar-refractivity contribution is 7.89. The Bertz CT molecular complexity index is 1170. The lowest BCUT2D eigenvalue weighted by Gasteiger charge is -2.29. The van der Waals surface area contributed by atoms with Crippen molar-refractivity contribution in [3.63, 3.8) is 0 Å². The summed E-state index contributed by atoms with van der Waals surface area (Å²) < 4.78 is 65.4. The van der Waals surface area contributed by atoms with E-state index in [1.54, 1.807) is 29.2 Å². The first kappa shape index (κ1) is 31.1. The maximum absolute atomic E-state index is 13.4. The zero-order chi connectivity index (χ0) is 28.3. The number of hydrogen-bond acceptors (Lipinski definition) is 6. The van der Waals surface area contributed by atoms with Crippen LogP contribution in [-0.2, 0) is 26.2 Å². The number of aryl methyl sites for hydroxylation is 1. The fourth-order valence-electron chi connectivity index (χ4n) is 3.61. The molecule has 2 aromatic rings. The van der Waals surface area contributed by atoms with Crippen molar-refractivity contribution < 1.29 is 41.0 Å². The molecule has 13 heteroatoms. The van der Waals surface area contributed by atoms with E-state index >= 15 is 0 Å². The molecule has 2 N–H and O–H groups in total. The van der Waals surface area contributed by atoms with E-state index in [-0.39, 0.29) is 30.3 Å². The summed E-state index contributed by atoms with van der Waals surface area (Å²) in [5.74, 6) is -2.15. The maximum atomic E-state index is 13.4. The predicted molar refractivity (Wildman–Crippen MR) is 134 cm³/mol. The molecule has 0 bridgehead atoms. The van der Waals surface area contributed by atoms with Crippen LogP contribution in [0.15, 0.2) is 53.4 Å². The van der Waals surface area contributed by atoms with Crippen LogP contribution in [0.25, 0.3) is 0 Å². The zero-order valence-electron chi connectivity index (χ0n) is 21.2. The van der Waals surface area contributed by atoms with Gasteiger partial charge in [-0.3, -0.25) is 4.79 Å². The van der Waals surface area contributed by atoms with Crippen molar-refractivity contribution in [1.82, 2.24) is 14.5 Å². The average molecular weight is 560 g/mol. The molecule has 1 fully saturated rings. The van der Waals surface area contributed by atoms with Gasteiger partial charge >= 0.3 is 12.1 Å². The number of carboxylic acids is 1. The largest absolute Gasteiger partial charge is 0.494 e. The van der Waals surface area contributed by atoms with E-state index in [9.17, 15) is 26.4 Å². The molecule has 9 nitrogen and oxygen atoms in total. The summed E-state index contributed by atoms with van der Waals surface area (Å²) in [6, 6.07) is 14.2. The van der Waals surface area contributed by atoms with Crippen molar-refractivity contribution in [3.05, 3.63) is 59.7 Å². The van der Waals surface area contributed by atoms with Gasteiger partial charge in [0, 0.05) is 45.7 Å². The summed E-state index contributed by atoms with van der Waals surface area (Å²) >= 11 is 0. The molecule has 1 aliphatic heterocycles. The third-order valence-corrected chi connectivity index (χ3v) is 7.36. The van der Waals surface area contributed by atoms with Gasteiger partial charge in [-0.05, 0) is 43.7 Å². The third-order valence-electron chi connectivity index (χ3n) is 5.50. The number of carboxylic acid groups (broad SMARTS) is 1. The quantitative estimate of drug-likeness (QED) is 0.485. The lowest BCUT2D eigenvalue weighted by Crippen LogP contribution is -2.47. The van der Waals surface area contributed by atoms with Crippen LogP contribution in [0, 0.1) is 6.92 Å². The first-order valence-electron chi connectivity index (χ1n) is 11.9. The second-order valence-corrected chi connectivity index (χ2v) is 10.4. The minimum Gasteiger partial charge on any atom is -0.494 e. The molecule has 38 heavy (non-hydrogen) atoms. The normalized spacial score (nSPS) is 14.0. The number of carbonyl (C=O) groups is 2. The average Bonchev–Trinajstić information content (AvgIpc) is 2.87. The van der Waals surface area contributed by atoms with Gasteiger partial charge in [0.2, 0.25) is 15.9 Å². The molecule has 0 saturated carbocycles. The lowest BCUT2D eigenvalue weighted by atomic mass is 10.1. The minimum atomic E-state index is -5.08. The number of nitrogens with one attached hydrogen (secondary N) is 1. The Morgan fingerprint density at radius 2 is 1.71 bits per heavy atom. The fourth-order valence-corrected chi connectivity index (χ4v) is 5.04. The maximum Gasteiger partial charge on any atom is 0.490 e. The van der Waals surface area contributed by atoms with Crippen molar-refractivity contribution >= 4 is 21.9 Å². The summed E-state index contributed by atoms with van der Waals surface area (Å²) in [5, 5.41) is 10.3. The smallest absolute Gasteiger partial charge is 0.490 e. The lowest BCUT2D eigenvalue weighted by molar-refractivity contribution is -0.192. The molecule has 1 heterocycles. The van der Waals surface area contributed by atoms with Gasteiger partial charge < -0.3 is 20.1 Å². The highest BCUT2D eigenvalue weighted by atomic mass is 32.2. The van der Waals surface area contributed by atoms with Gasteiger partial charge in [0.1, 0.15) is 5.75 Å². The van der Waals surface area contributed by atoms with E-state index in [0.717, 1.165) is 24.2 Å². The van der Waals surface area contributed by atoms with Crippen molar-refractivity contribution in [3.8, 4) is 5.75 Å². The molecule has 1 amide bonds. The summed E-state index contributed by atoms with van der Waals surface area (Å²) in [4.78, 5) is 23.5. The second-order valence-electron chi connectivity index (χ2n) is 8.42. The van der Waals surface area contributed by atoms with E-state index < -0.39 is 22.2 Å². The predicted octanol–water partition coefficient (Wildman–Crippen LogP) is 3.04. The van der Waals surface area contributed by atoms with Gasteiger partial charge in [-0.25, -0.2) is 13.2 Å². The molecule has 0 aliphatic carbocycles. The number of rotatable bonds is 9. The summed E-state index contributed by atoms with van der Waals surface area (Å²) in [6.45, 7) is 7.56. The highest BCUT2D eigenvalue weighted by Gasteiger charge is 2.38. The van der Waals surface area contributed by atoms with Crippen LogP contribution < -0.4 is 10.1 Å². The molecule has 0 aromatic heterocycles. The number of aliphatic carboxylic acids is 1. The van der Waals surface area contributed by atoms with Crippen molar-refractivity contribution in [1.29, 1.82) is 0 Å². The van der Waals surface area contributed by atoms with Crippen LogP contribution in [0.1, 0.15) is 24.5 Å². The number of alkyl halides is 3. The van der Waals surface area contributed by atoms with Crippen LogP contribution >= 0.6 is 0 Å². The standard InChI is InChI=1S/C23H31N3O4S.C2HF3O2/c1-3-30-21-7-9-22(10-8-21)31(28,29)26(18-20-6-4-5-19(2)17-20)14-11-23(27)25-15-12-24-13-16-25;3-2(4,5)1(6)7/h4-10,17,24H,3,11-16,18H2,1-2H3;(H,6,7). The topological polar surface area (TPSA) is 116 Å². The first-order chi connectivity index (χ1) is 17.8. The van der Waals surface area contributed by atoms with Crippen molar-refractivity contribution in [2.75, 3.05) is 39.3 Å². The Labute approximate surface area is 220 Å². The minimum absolute atomic E-state index is 0.0161. The molecule has 3 rings (SSSR count). The Kier molecular flexibility index (Phi) is 11.5.